The summed E-state index contributed by atoms with van der Waals surface area (Å²) in [5.41, 5.74) is 2.04. The van der Waals surface area contributed by atoms with Crippen LogP contribution in [0.15, 0.2) is 29.9 Å². The number of aliphatic hydroxyl groups is 1. The molecule has 6 nitrogen and oxygen atoms in total. The van der Waals surface area contributed by atoms with Crippen LogP contribution in [-0.4, -0.2) is 46.2 Å². The molecule has 2 atom stereocenters. The molecule has 122 valence electrons. The number of thiazole rings is 1. The van der Waals surface area contributed by atoms with E-state index in [4.69, 9.17) is 0 Å². The second-order valence-electron chi connectivity index (χ2n) is 5.61. The summed E-state index contributed by atoms with van der Waals surface area (Å²) in [5.74, 6) is -0.0295. The van der Waals surface area contributed by atoms with Gasteiger partial charge in [0.2, 0.25) is 5.91 Å². The van der Waals surface area contributed by atoms with Crippen molar-refractivity contribution < 1.29 is 9.90 Å². The summed E-state index contributed by atoms with van der Waals surface area (Å²) in [4.78, 5) is 20.5. The number of carbonyl (C=O) groups is 1. The zero-order valence-corrected chi connectivity index (χ0v) is 13.6. The Labute approximate surface area is 139 Å². The lowest BCUT2D eigenvalue weighted by atomic mass is 10.2. The summed E-state index contributed by atoms with van der Waals surface area (Å²) in [5, 5.41) is 18.4. The topological polar surface area (TPSA) is 87.1 Å². The summed E-state index contributed by atoms with van der Waals surface area (Å²) in [6, 6.07) is 3.63. The number of aromatic nitrogens is 2. The first-order valence-corrected chi connectivity index (χ1v) is 8.64. The minimum atomic E-state index is -0.410. The van der Waals surface area contributed by atoms with Gasteiger partial charge < -0.3 is 15.7 Å². The van der Waals surface area contributed by atoms with E-state index >= 15 is 0 Å². The van der Waals surface area contributed by atoms with Gasteiger partial charge in [-0.2, -0.15) is 0 Å². The number of amides is 1. The van der Waals surface area contributed by atoms with Crippen molar-refractivity contribution in [3.8, 4) is 11.3 Å². The highest BCUT2D eigenvalue weighted by atomic mass is 32.1. The Morgan fingerprint density at radius 1 is 1.43 bits per heavy atom. The first-order valence-electron chi connectivity index (χ1n) is 7.76. The zero-order chi connectivity index (χ0) is 16.1. The maximum atomic E-state index is 11.9. The van der Waals surface area contributed by atoms with Crippen LogP contribution >= 0.6 is 11.3 Å². The van der Waals surface area contributed by atoms with E-state index < -0.39 is 6.10 Å². The third-order valence-corrected chi connectivity index (χ3v) is 4.73. The quantitative estimate of drug-likeness (QED) is 0.686. The molecule has 0 aromatic carbocycles. The Kier molecular flexibility index (Phi) is 5.32. The van der Waals surface area contributed by atoms with Crippen molar-refractivity contribution in [2.75, 3.05) is 13.1 Å². The number of aliphatic hydroxyl groups excluding tert-OH is 1. The van der Waals surface area contributed by atoms with E-state index in [1.54, 1.807) is 23.7 Å². The summed E-state index contributed by atoms with van der Waals surface area (Å²) in [6.07, 6.45) is 5.30. The van der Waals surface area contributed by atoms with Gasteiger partial charge in [0.25, 0.3) is 0 Å². The molecule has 1 saturated heterocycles. The van der Waals surface area contributed by atoms with Gasteiger partial charge in [-0.3, -0.25) is 9.78 Å². The summed E-state index contributed by atoms with van der Waals surface area (Å²) >= 11 is 1.64. The fourth-order valence-corrected chi connectivity index (χ4v) is 3.42. The van der Waals surface area contributed by atoms with Crippen LogP contribution in [0.25, 0.3) is 11.3 Å². The highest BCUT2D eigenvalue weighted by Gasteiger charge is 2.27. The number of aryl methyl sites for hydroxylation is 1. The van der Waals surface area contributed by atoms with E-state index in [2.05, 4.69) is 20.6 Å². The molecule has 1 amide bonds. The summed E-state index contributed by atoms with van der Waals surface area (Å²) in [7, 11) is 0. The van der Waals surface area contributed by atoms with E-state index in [0.717, 1.165) is 29.1 Å². The number of carbonyl (C=O) groups excluding carboxylic acids is 1. The molecule has 2 aromatic heterocycles. The van der Waals surface area contributed by atoms with E-state index in [1.165, 1.54) is 0 Å². The number of nitrogens with zero attached hydrogens (tertiary/aromatic N) is 2. The Morgan fingerprint density at radius 2 is 2.26 bits per heavy atom. The predicted molar refractivity (Wildman–Crippen MR) is 89.1 cm³/mol. The van der Waals surface area contributed by atoms with E-state index in [0.29, 0.717) is 19.5 Å². The molecule has 7 heteroatoms. The molecule has 2 aromatic rings. The van der Waals surface area contributed by atoms with E-state index in [9.17, 15) is 9.90 Å². The largest absolute Gasteiger partial charge is 0.392 e. The van der Waals surface area contributed by atoms with Crippen LogP contribution in [-0.2, 0) is 11.2 Å². The standard InChI is InChI=1S/C16H20N4O2S/c21-12-8-13(19-9-12)16(22)18-5-1-2-15-20-14(10-23-15)11-3-6-17-7-4-11/h3-4,6-7,10,12-13,19,21H,1-2,5,8-9H2,(H,18,22). The van der Waals surface area contributed by atoms with Gasteiger partial charge in [-0.1, -0.05) is 0 Å². The number of rotatable bonds is 6. The third-order valence-electron chi connectivity index (χ3n) is 3.82. The highest BCUT2D eigenvalue weighted by Crippen LogP contribution is 2.21. The third kappa shape index (κ3) is 4.34. The second kappa shape index (κ2) is 7.63. The van der Waals surface area contributed by atoms with Gasteiger partial charge in [-0.15, -0.1) is 11.3 Å². The molecule has 0 aliphatic carbocycles. The smallest absolute Gasteiger partial charge is 0.237 e. The van der Waals surface area contributed by atoms with E-state index in [1.807, 2.05) is 17.5 Å². The Hall–Kier alpha value is -1.83. The molecular formula is C16H20N4O2S. The van der Waals surface area contributed by atoms with E-state index in [-0.39, 0.29) is 11.9 Å². The first-order chi connectivity index (χ1) is 11.2. The maximum absolute atomic E-state index is 11.9. The molecule has 3 N–H and O–H groups in total. The number of pyridine rings is 1. The average Bonchev–Trinajstić information content (AvgIpc) is 3.21. The Bertz CT molecular complexity index is 647. The Morgan fingerprint density at radius 3 is 3.00 bits per heavy atom. The van der Waals surface area contributed by atoms with Crippen molar-refractivity contribution >= 4 is 17.2 Å². The van der Waals surface area contributed by atoms with Crippen LogP contribution in [0.5, 0.6) is 0 Å². The first kappa shape index (κ1) is 16.0. The average molecular weight is 332 g/mol. The molecule has 1 aliphatic rings. The summed E-state index contributed by atoms with van der Waals surface area (Å²) in [6.45, 7) is 1.12. The monoisotopic (exact) mass is 332 g/mol. The molecule has 3 rings (SSSR count). The van der Waals surface area contributed by atoms with Crippen LogP contribution in [0.4, 0.5) is 0 Å². The lowest BCUT2D eigenvalue weighted by Gasteiger charge is -2.10. The van der Waals surface area contributed by atoms with Crippen molar-refractivity contribution in [1.29, 1.82) is 0 Å². The van der Waals surface area contributed by atoms with Crippen molar-refractivity contribution in [2.24, 2.45) is 0 Å². The second-order valence-corrected chi connectivity index (χ2v) is 6.55. The summed E-state index contributed by atoms with van der Waals surface area (Å²) < 4.78 is 0. The molecule has 1 fully saturated rings. The predicted octanol–water partition coefficient (Wildman–Crippen LogP) is 0.977. The van der Waals surface area contributed by atoms with Crippen LogP contribution in [0.1, 0.15) is 17.8 Å². The van der Waals surface area contributed by atoms with Crippen molar-refractivity contribution in [3.63, 3.8) is 0 Å². The van der Waals surface area contributed by atoms with Crippen LogP contribution in [0.2, 0.25) is 0 Å². The molecule has 0 bridgehead atoms. The molecule has 1 aliphatic heterocycles. The lowest BCUT2D eigenvalue weighted by molar-refractivity contribution is -0.122. The number of β-amino-alcohol motifs (C(OH)–C–C–N with tert-alkyl or cyclic N) is 1. The SMILES string of the molecule is O=C(NCCCc1nc(-c2ccncc2)cs1)C1CC(O)CN1. The minimum Gasteiger partial charge on any atom is -0.392 e. The minimum absolute atomic E-state index is 0.0295. The van der Waals surface area contributed by atoms with Gasteiger partial charge in [-0.25, -0.2) is 4.98 Å². The molecule has 2 unspecified atom stereocenters. The van der Waals surface area contributed by atoms with Gasteiger partial charge in [0, 0.05) is 42.8 Å². The van der Waals surface area contributed by atoms with Crippen molar-refractivity contribution in [1.82, 2.24) is 20.6 Å². The van der Waals surface area contributed by atoms with Crippen molar-refractivity contribution in [3.05, 3.63) is 34.9 Å². The molecular weight excluding hydrogens is 312 g/mol. The molecule has 23 heavy (non-hydrogen) atoms. The van der Waals surface area contributed by atoms with Crippen molar-refractivity contribution in [2.45, 2.75) is 31.4 Å². The van der Waals surface area contributed by atoms with Gasteiger partial charge in [0.05, 0.1) is 22.8 Å². The van der Waals surface area contributed by atoms with Crippen LogP contribution in [0, 0.1) is 0 Å². The lowest BCUT2D eigenvalue weighted by Crippen LogP contribution is -2.40. The molecule has 0 saturated carbocycles. The van der Waals surface area contributed by atoms with Gasteiger partial charge in [0.1, 0.15) is 0 Å². The number of nitrogens with one attached hydrogen (secondary N) is 2. The normalized spacial score (nSPS) is 20.6. The highest BCUT2D eigenvalue weighted by molar-refractivity contribution is 7.09. The maximum Gasteiger partial charge on any atom is 0.237 e. The molecule has 0 radical (unpaired) electrons. The fourth-order valence-electron chi connectivity index (χ4n) is 2.57. The number of hydrogen-bond acceptors (Lipinski definition) is 6. The van der Waals surface area contributed by atoms with Gasteiger partial charge in [-0.05, 0) is 25.0 Å². The van der Waals surface area contributed by atoms with Crippen LogP contribution < -0.4 is 10.6 Å². The van der Waals surface area contributed by atoms with Gasteiger partial charge in [0.15, 0.2) is 0 Å². The molecule has 3 heterocycles. The zero-order valence-electron chi connectivity index (χ0n) is 12.7. The fraction of sp³-hybridized carbons (Fsp3) is 0.438. The van der Waals surface area contributed by atoms with Gasteiger partial charge >= 0.3 is 0 Å². The number of hydrogen-bond donors (Lipinski definition) is 3. The Balaban J connectivity index is 1.41. The molecule has 0 spiro atoms. The van der Waals surface area contributed by atoms with Crippen LogP contribution in [0.3, 0.4) is 0 Å².